The number of amides is 1. The van der Waals surface area contributed by atoms with E-state index in [0.717, 1.165) is 4.88 Å². The molecule has 4 rings (SSSR count). The average molecular weight is 407 g/mol. The second-order valence-corrected chi connectivity index (χ2v) is 7.25. The van der Waals surface area contributed by atoms with Crippen LogP contribution in [0.15, 0.2) is 58.7 Å². The Kier molecular flexibility index (Phi) is 5.30. The van der Waals surface area contributed by atoms with Gasteiger partial charge < -0.3 is 14.4 Å². The Morgan fingerprint density at radius 1 is 1.21 bits per heavy atom. The van der Waals surface area contributed by atoms with Crippen molar-refractivity contribution in [2.24, 2.45) is 7.05 Å². The lowest BCUT2D eigenvalue weighted by molar-refractivity contribution is -0.116. The van der Waals surface area contributed by atoms with Crippen molar-refractivity contribution < 1.29 is 14.1 Å². The van der Waals surface area contributed by atoms with E-state index in [-0.39, 0.29) is 18.1 Å². The van der Waals surface area contributed by atoms with E-state index in [4.69, 9.17) is 4.52 Å². The number of ketones is 1. The minimum absolute atomic E-state index is 0.173. The molecule has 3 heterocycles. The normalized spacial score (nSPS) is 10.8. The Hall–Kier alpha value is -3.59. The number of rotatable bonds is 7. The molecule has 0 aliphatic carbocycles. The number of thiophene rings is 1. The summed E-state index contributed by atoms with van der Waals surface area (Å²) < 4.78 is 6.86. The van der Waals surface area contributed by atoms with Crippen LogP contribution in [0.3, 0.4) is 0 Å². The number of nitrogens with zero attached hydrogens (tertiary/aromatic N) is 4. The lowest BCUT2D eigenvalue weighted by Gasteiger charge is -2.06. The zero-order valence-corrected chi connectivity index (χ0v) is 16.3. The molecule has 0 spiro atoms. The van der Waals surface area contributed by atoms with Crippen LogP contribution in [0.25, 0.3) is 10.7 Å². The molecule has 0 radical (unpaired) electrons. The Morgan fingerprint density at radius 3 is 2.72 bits per heavy atom. The number of anilines is 1. The molecule has 0 aliphatic heterocycles. The molecule has 0 saturated heterocycles. The quantitative estimate of drug-likeness (QED) is 0.471. The predicted molar refractivity (Wildman–Crippen MR) is 108 cm³/mol. The Labute approximate surface area is 170 Å². The van der Waals surface area contributed by atoms with Gasteiger partial charge in [-0.1, -0.05) is 11.2 Å². The number of hydrogen-bond donors (Lipinski definition) is 1. The first kappa shape index (κ1) is 18.8. The van der Waals surface area contributed by atoms with Gasteiger partial charge in [0.2, 0.25) is 23.4 Å². The van der Waals surface area contributed by atoms with Crippen LogP contribution in [-0.4, -0.2) is 31.4 Å². The molecule has 0 saturated carbocycles. The van der Waals surface area contributed by atoms with Crippen LogP contribution >= 0.6 is 11.3 Å². The highest BCUT2D eigenvalue weighted by Crippen LogP contribution is 2.21. The Morgan fingerprint density at radius 2 is 2.03 bits per heavy atom. The third kappa shape index (κ3) is 4.30. The zero-order chi connectivity index (χ0) is 20.2. The average Bonchev–Trinajstić information content (AvgIpc) is 3.48. The topological polar surface area (TPSA) is 103 Å². The van der Waals surface area contributed by atoms with Gasteiger partial charge in [-0.05, 0) is 35.7 Å². The second kappa shape index (κ2) is 8.19. The third-order valence-corrected chi connectivity index (χ3v) is 5.10. The zero-order valence-electron chi connectivity index (χ0n) is 15.5. The predicted octanol–water partition coefficient (Wildman–Crippen LogP) is 3.33. The summed E-state index contributed by atoms with van der Waals surface area (Å²) in [7, 11) is 1.77. The lowest BCUT2D eigenvalue weighted by Crippen LogP contribution is -2.13. The van der Waals surface area contributed by atoms with Gasteiger partial charge in [0.25, 0.3) is 0 Å². The van der Waals surface area contributed by atoms with E-state index in [9.17, 15) is 9.59 Å². The van der Waals surface area contributed by atoms with Gasteiger partial charge in [0.05, 0.1) is 4.88 Å². The first-order chi connectivity index (χ1) is 14.1. The molecule has 0 bridgehead atoms. The summed E-state index contributed by atoms with van der Waals surface area (Å²) in [6.07, 6.45) is 3.85. The molecule has 9 heteroatoms. The maximum Gasteiger partial charge on any atom is 0.228 e. The molecule has 0 fully saturated rings. The molecular weight excluding hydrogens is 390 g/mol. The van der Waals surface area contributed by atoms with Crippen molar-refractivity contribution in [3.63, 3.8) is 0 Å². The summed E-state index contributed by atoms with van der Waals surface area (Å²) in [5.74, 6) is 0.962. The van der Waals surface area contributed by atoms with Crippen molar-refractivity contribution >= 4 is 28.7 Å². The lowest BCUT2D eigenvalue weighted by atomic mass is 10.1. The number of nitrogens with one attached hydrogen (secondary N) is 1. The largest absolute Gasteiger partial charge is 0.339 e. The number of carbonyl (C=O) groups is 2. The molecule has 29 heavy (non-hydrogen) atoms. The second-order valence-electron chi connectivity index (χ2n) is 6.31. The first-order valence-electron chi connectivity index (χ1n) is 8.88. The van der Waals surface area contributed by atoms with E-state index in [1.807, 2.05) is 17.5 Å². The standard InChI is InChI=1S/C20H17N5O3S/c1-25-11-10-21-20(25)18(27)13-4-6-14(7-5-13)22-16(26)8-9-17-23-19(24-28-17)15-3-2-12-29-15/h2-7,10-12H,8-9H2,1H3,(H,22,26). The molecule has 8 nitrogen and oxygen atoms in total. The molecule has 1 N–H and O–H groups in total. The van der Waals surface area contributed by atoms with Gasteiger partial charge >= 0.3 is 0 Å². The van der Waals surface area contributed by atoms with Crippen LogP contribution in [0.4, 0.5) is 5.69 Å². The van der Waals surface area contributed by atoms with Crippen LogP contribution < -0.4 is 5.32 Å². The van der Waals surface area contributed by atoms with Crippen LogP contribution in [0.5, 0.6) is 0 Å². The van der Waals surface area contributed by atoms with Crippen molar-refractivity contribution in [2.75, 3.05) is 5.32 Å². The molecule has 0 atom stereocenters. The van der Waals surface area contributed by atoms with Crippen molar-refractivity contribution in [3.8, 4) is 10.7 Å². The molecule has 0 aliphatic rings. The van der Waals surface area contributed by atoms with Crippen LogP contribution in [0.1, 0.15) is 28.5 Å². The van der Waals surface area contributed by atoms with E-state index in [1.54, 1.807) is 48.3 Å². The van der Waals surface area contributed by atoms with Gasteiger partial charge in [-0.3, -0.25) is 9.59 Å². The van der Waals surface area contributed by atoms with Crippen molar-refractivity contribution in [2.45, 2.75) is 12.8 Å². The van der Waals surface area contributed by atoms with E-state index in [1.165, 1.54) is 11.3 Å². The number of aromatic nitrogens is 4. The van der Waals surface area contributed by atoms with Crippen molar-refractivity contribution in [3.05, 3.63) is 71.5 Å². The van der Waals surface area contributed by atoms with E-state index >= 15 is 0 Å². The fourth-order valence-corrected chi connectivity index (χ4v) is 3.37. The van der Waals surface area contributed by atoms with Gasteiger partial charge in [0.1, 0.15) is 0 Å². The van der Waals surface area contributed by atoms with E-state index < -0.39 is 0 Å². The molecule has 3 aromatic heterocycles. The third-order valence-electron chi connectivity index (χ3n) is 4.23. The van der Waals surface area contributed by atoms with Gasteiger partial charge in [-0.2, -0.15) is 4.98 Å². The maximum atomic E-state index is 12.4. The summed E-state index contributed by atoms with van der Waals surface area (Å²) >= 11 is 1.52. The smallest absolute Gasteiger partial charge is 0.228 e. The number of imidazole rings is 1. The Bertz CT molecular complexity index is 1130. The first-order valence-corrected chi connectivity index (χ1v) is 9.76. The molecule has 1 aromatic carbocycles. The monoisotopic (exact) mass is 407 g/mol. The molecule has 0 unspecified atom stereocenters. The fraction of sp³-hybridized carbons (Fsp3) is 0.150. The molecule has 1 amide bonds. The van der Waals surface area contributed by atoms with Gasteiger partial charge in [-0.15, -0.1) is 11.3 Å². The number of hydrogen-bond acceptors (Lipinski definition) is 7. The highest BCUT2D eigenvalue weighted by atomic mass is 32.1. The highest BCUT2D eigenvalue weighted by molar-refractivity contribution is 7.13. The molecule has 146 valence electrons. The van der Waals surface area contributed by atoms with Crippen molar-refractivity contribution in [1.29, 1.82) is 0 Å². The molecular formula is C20H17N5O3S. The fourth-order valence-electron chi connectivity index (χ4n) is 2.72. The van der Waals surface area contributed by atoms with E-state index in [2.05, 4.69) is 20.4 Å². The maximum absolute atomic E-state index is 12.4. The summed E-state index contributed by atoms with van der Waals surface area (Å²) in [4.78, 5) is 33.9. The Balaban J connectivity index is 1.32. The van der Waals surface area contributed by atoms with Gasteiger partial charge in [0, 0.05) is 43.5 Å². The number of aryl methyl sites for hydroxylation is 2. The minimum Gasteiger partial charge on any atom is -0.339 e. The SMILES string of the molecule is Cn1ccnc1C(=O)c1ccc(NC(=O)CCc2nc(-c3cccs3)no2)cc1. The summed E-state index contributed by atoms with van der Waals surface area (Å²) in [6, 6.07) is 10.5. The number of benzene rings is 1. The molecule has 4 aromatic rings. The van der Waals surface area contributed by atoms with E-state index in [0.29, 0.717) is 35.2 Å². The van der Waals surface area contributed by atoms with Gasteiger partial charge in [0.15, 0.2) is 5.82 Å². The summed E-state index contributed by atoms with van der Waals surface area (Å²) in [5.41, 5.74) is 1.11. The van der Waals surface area contributed by atoms with Gasteiger partial charge in [-0.25, -0.2) is 4.98 Å². The highest BCUT2D eigenvalue weighted by Gasteiger charge is 2.14. The summed E-state index contributed by atoms with van der Waals surface area (Å²) in [6.45, 7) is 0. The van der Waals surface area contributed by atoms with Crippen molar-refractivity contribution in [1.82, 2.24) is 19.7 Å². The summed E-state index contributed by atoms with van der Waals surface area (Å²) in [5, 5.41) is 8.67. The van der Waals surface area contributed by atoms with Crippen LogP contribution in [-0.2, 0) is 18.3 Å². The van der Waals surface area contributed by atoms with Crippen LogP contribution in [0.2, 0.25) is 0 Å². The minimum atomic E-state index is -0.177. The van der Waals surface area contributed by atoms with Crippen LogP contribution in [0, 0.1) is 0 Å². The number of carbonyl (C=O) groups excluding carboxylic acids is 2.